The summed E-state index contributed by atoms with van der Waals surface area (Å²) in [5.41, 5.74) is -28.1. The summed E-state index contributed by atoms with van der Waals surface area (Å²) in [5.74, 6) is 0.152. The number of pyridine rings is 1. The molecule has 5 aromatic carbocycles. The van der Waals surface area contributed by atoms with E-state index in [9.17, 15) is 110 Å². The van der Waals surface area contributed by atoms with Crippen LogP contribution < -0.4 is 26.4 Å². The fraction of sp³-hybridized carbons (Fsp3) is 0.321. The SMILES string of the molecule is CCCCCCCCc1cc[n+](CC(=O)c2ccccc2)cc1.FC(F)(F)c1cc([B-](c2cc(C(F)(F)F)cc(C(F)(F)F)c2)(c2cc(C(F)(F)F)cc(C(F)(F)F)c2)c2cc(C(F)(F)F)cc(C(F)(F)F)c2)cc(C(F)(F)F)c1. The van der Waals surface area contributed by atoms with Crippen LogP contribution >= 0.6 is 0 Å². The van der Waals surface area contributed by atoms with Crippen molar-refractivity contribution < 1.29 is 115 Å². The number of nitrogens with zero attached hydrogens (tertiary/aromatic N) is 1. The molecule has 0 bridgehead atoms. The average Bonchev–Trinajstić information content (AvgIpc) is 3.34. The van der Waals surface area contributed by atoms with E-state index in [2.05, 4.69) is 19.1 Å². The molecule has 0 aliphatic heterocycles. The minimum absolute atomic E-state index is 0.152. The van der Waals surface area contributed by atoms with E-state index >= 15 is 0 Å². The maximum Gasteiger partial charge on any atom is 0.416 e. The van der Waals surface area contributed by atoms with Gasteiger partial charge in [-0.2, -0.15) is 132 Å². The Morgan fingerprint density at radius 1 is 0.362 bits per heavy atom. The first-order valence-corrected chi connectivity index (χ1v) is 23.5. The second-order valence-corrected chi connectivity index (χ2v) is 18.4. The van der Waals surface area contributed by atoms with E-state index in [1.165, 1.54) is 44.1 Å². The van der Waals surface area contributed by atoms with Crippen molar-refractivity contribution in [3.8, 4) is 0 Å². The Kier molecular flexibility index (Phi) is 19.1. The van der Waals surface area contributed by atoms with Crippen molar-refractivity contribution in [2.75, 3.05) is 0 Å². The lowest BCUT2D eigenvalue weighted by molar-refractivity contribution is -0.683. The van der Waals surface area contributed by atoms with Gasteiger partial charge in [-0.05, 0) is 42.7 Å². The number of alkyl halides is 24. The number of ketones is 1. The van der Waals surface area contributed by atoms with E-state index in [0.717, 1.165) is 12.0 Å². The molecule has 0 N–H and O–H groups in total. The van der Waals surface area contributed by atoms with E-state index in [0.29, 0.717) is 6.54 Å². The molecule has 1 aromatic heterocycles. The highest BCUT2D eigenvalue weighted by Crippen LogP contribution is 2.41. The van der Waals surface area contributed by atoms with E-state index < -0.39 is 195 Å². The Morgan fingerprint density at radius 2 is 0.625 bits per heavy atom. The molecular weight excluding hydrogens is 1130 g/mol. The molecular formula is C53H40BF24NO. The van der Waals surface area contributed by atoms with Crippen molar-refractivity contribution in [3.63, 3.8) is 0 Å². The van der Waals surface area contributed by atoms with Crippen molar-refractivity contribution in [1.29, 1.82) is 0 Å². The van der Waals surface area contributed by atoms with E-state index in [4.69, 9.17) is 0 Å². The molecule has 0 spiro atoms. The first-order valence-electron chi connectivity index (χ1n) is 23.5. The van der Waals surface area contributed by atoms with Crippen molar-refractivity contribution in [3.05, 3.63) is 183 Å². The van der Waals surface area contributed by atoms with Crippen LogP contribution in [0.5, 0.6) is 0 Å². The number of carbonyl (C=O) groups is 1. The number of aryl methyl sites for hydroxylation is 1. The van der Waals surface area contributed by atoms with Crippen molar-refractivity contribution >= 4 is 33.8 Å². The van der Waals surface area contributed by atoms with Crippen LogP contribution in [0.4, 0.5) is 105 Å². The van der Waals surface area contributed by atoms with Gasteiger partial charge < -0.3 is 0 Å². The summed E-state index contributed by atoms with van der Waals surface area (Å²) in [5, 5.41) is 0. The summed E-state index contributed by atoms with van der Waals surface area (Å²) in [7, 11) is 0. The number of Topliss-reactive ketones (excluding diaryl/α,β-unsaturated/α-hetero) is 1. The molecule has 27 heteroatoms. The minimum Gasteiger partial charge on any atom is -0.287 e. The average molecular weight is 1170 g/mol. The molecule has 1 heterocycles. The molecule has 6 rings (SSSR count). The molecule has 0 atom stereocenters. The highest BCUT2D eigenvalue weighted by atomic mass is 19.4. The van der Waals surface area contributed by atoms with Crippen LogP contribution in [0.2, 0.25) is 0 Å². The zero-order valence-corrected chi connectivity index (χ0v) is 40.8. The molecule has 0 aliphatic carbocycles. The monoisotopic (exact) mass is 1170 g/mol. The summed E-state index contributed by atoms with van der Waals surface area (Å²) in [4.78, 5) is 12.2. The Morgan fingerprint density at radius 3 is 0.887 bits per heavy atom. The number of rotatable bonds is 14. The molecule has 2 nitrogen and oxygen atoms in total. The molecule has 0 aliphatic rings. The number of carbonyl (C=O) groups excluding carboxylic acids is 1. The van der Waals surface area contributed by atoms with Crippen LogP contribution in [-0.2, 0) is 62.4 Å². The van der Waals surface area contributed by atoms with Gasteiger partial charge in [-0.1, -0.05) is 118 Å². The Hall–Kier alpha value is -6.70. The molecule has 6 aromatic rings. The predicted octanol–water partition coefficient (Wildman–Crippen LogP) is 16.0. The molecule has 80 heavy (non-hydrogen) atoms. The molecule has 0 saturated carbocycles. The van der Waals surface area contributed by atoms with E-state index in [-0.39, 0.29) is 5.78 Å². The third-order valence-electron chi connectivity index (χ3n) is 12.6. The van der Waals surface area contributed by atoms with Crippen LogP contribution in [0.15, 0.2) is 128 Å². The Bertz CT molecular complexity index is 2630. The minimum atomic E-state index is -6.13. The van der Waals surface area contributed by atoms with Gasteiger partial charge in [0.25, 0.3) is 0 Å². The molecule has 0 fully saturated rings. The standard InChI is InChI=1S/C32H12BF24.C21H28NO/c34-25(35,36)13-1-14(26(37,38)39)6-21(5-13)33(22-7-15(27(40,41)42)2-16(8-22)28(43,44)45,23-9-17(29(46,47)48)3-18(10-23)30(49,50)51)24-11-19(31(52,53)54)4-20(12-24)32(55,56)57;1-2-3-4-5-6-8-11-19-14-16-22(17-15-19)18-21(23)20-12-9-7-10-13-20/h1-12H;7,9-10,12-17H,2-6,8,11,18H2,1H3/q-1;+1. The van der Waals surface area contributed by atoms with Crippen LogP contribution in [0.1, 0.15) is 106 Å². The van der Waals surface area contributed by atoms with Gasteiger partial charge in [-0.25, -0.2) is 0 Å². The van der Waals surface area contributed by atoms with Gasteiger partial charge in [0.2, 0.25) is 12.3 Å². The second-order valence-electron chi connectivity index (χ2n) is 18.4. The maximum absolute atomic E-state index is 14.2. The Balaban J connectivity index is 0.000000424. The predicted molar refractivity (Wildman–Crippen MR) is 245 cm³/mol. The molecule has 434 valence electrons. The fourth-order valence-electron chi connectivity index (χ4n) is 8.82. The third-order valence-corrected chi connectivity index (χ3v) is 12.6. The topological polar surface area (TPSA) is 20.9 Å². The van der Waals surface area contributed by atoms with Gasteiger partial charge in [-0.15, -0.1) is 0 Å². The van der Waals surface area contributed by atoms with Crippen molar-refractivity contribution in [2.45, 2.75) is 108 Å². The summed E-state index contributed by atoms with van der Waals surface area (Å²) >= 11 is 0. The number of hydrogen-bond donors (Lipinski definition) is 0. The first kappa shape index (κ1) is 64.1. The maximum atomic E-state index is 14.2. The summed E-state index contributed by atoms with van der Waals surface area (Å²) in [6, 6.07) is 4.96. The van der Waals surface area contributed by atoms with Gasteiger partial charge in [0, 0.05) is 17.7 Å². The van der Waals surface area contributed by atoms with Gasteiger partial charge in [0.1, 0.15) is 6.15 Å². The van der Waals surface area contributed by atoms with E-state index in [1.54, 1.807) is 0 Å². The lowest BCUT2D eigenvalue weighted by atomic mass is 9.12. The number of aromatic nitrogens is 1. The smallest absolute Gasteiger partial charge is 0.287 e. The highest BCUT2D eigenvalue weighted by molar-refractivity contribution is 7.20. The van der Waals surface area contributed by atoms with Crippen LogP contribution in [0.3, 0.4) is 0 Å². The molecule has 0 unspecified atom stereocenters. The fourth-order valence-corrected chi connectivity index (χ4v) is 8.82. The van der Waals surface area contributed by atoms with Gasteiger partial charge in [0.05, 0.1) is 44.5 Å². The molecule has 0 radical (unpaired) electrons. The van der Waals surface area contributed by atoms with Gasteiger partial charge in [0.15, 0.2) is 12.4 Å². The zero-order valence-electron chi connectivity index (χ0n) is 40.8. The number of benzene rings is 5. The largest absolute Gasteiger partial charge is 0.416 e. The Labute approximate surface area is 439 Å². The highest BCUT2D eigenvalue weighted by Gasteiger charge is 2.47. The van der Waals surface area contributed by atoms with Gasteiger partial charge >= 0.3 is 49.4 Å². The first-order chi connectivity index (χ1) is 36.6. The normalized spacial score (nSPS) is 13.3. The van der Waals surface area contributed by atoms with Crippen LogP contribution in [0.25, 0.3) is 0 Å². The lowest BCUT2D eigenvalue weighted by Crippen LogP contribution is -2.75. The molecule has 0 amide bonds. The van der Waals surface area contributed by atoms with E-state index in [1.807, 2.05) is 47.3 Å². The lowest BCUT2D eigenvalue weighted by Gasteiger charge is -2.46. The number of halogens is 24. The molecule has 0 saturated heterocycles. The zero-order chi connectivity index (χ0) is 60.2. The van der Waals surface area contributed by atoms with Crippen molar-refractivity contribution in [1.82, 2.24) is 0 Å². The van der Waals surface area contributed by atoms with Crippen LogP contribution in [0, 0.1) is 0 Å². The third kappa shape index (κ3) is 16.2. The summed E-state index contributed by atoms with van der Waals surface area (Å²) in [6.07, 6.45) is -41.7. The quantitative estimate of drug-likeness (QED) is 0.0350. The summed E-state index contributed by atoms with van der Waals surface area (Å²) < 4.78 is 343. The number of hydrogen-bond acceptors (Lipinski definition) is 1. The number of unbranched alkanes of at least 4 members (excludes halogenated alkanes) is 5. The van der Waals surface area contributed by atoms with Crippen molar-refractivity contribution in [2.24, 2.45) is 0 Å². The summed E-state index contributed by atoms with van der Waals surface area (Å²) in [6.45, 7) is 2.66. The second kappa shape index (κ2) is 23.8. The van der Waals surface area contributed by atoms with Crippen LogP contribution in [-0.4, -0.2) is 11.9 Å². The van der Waals surface area contributed by atoms with Gasteiger partial charge in [-0.3, -0.25) is 4.79 Å².